The van der Waals surface area contributed by atoms with Crippen molar-refractivity contribution in [2.75, 3.05) is 24.5 Å². The Bertz CT molecular complexity index is 452. The highest BCUT2D eigenvalue weighted by Gasteiger charge is 2.24. The number of carbonyl (C=O) groups excluding carboxylic acids is 1. The first-order valence-corrected chi connectivity index (χ1v) is 7.43. The highest BCUT2D eigenvalue weighted by molar-refractivity contribution is 5.95. The molecule has 2 aliphatic rings. The van der Waals surface area contributed by atoms with Crippen molar-refractivity contribution in [2.24, 2.45) is 5.92 Å². The minimum atomic E-state index is 0.309. The van der Waals surface area contributed by atoms with E-state index in [0.29, 0.717) is 12.3 Å². The van der Waals surface area contributed by atoms with Gasteiger partial charge in [0.05, 0.1) is 0 Å². The average molecular weight is 258 g/mol. The summed E-state index contributed by atoms with van der Waals surface area (Å²) >= 11 is 0. The Hall–Kier alpha value is -1.35. The quantitative estimate of drug-likeness (QED) is 0.902. The lowest BCUT2D eigenvalue weighted by molar-refractivity contribution is -0.118. The minimum absolute atomic E-state index is 0.309. The predicted molar refractivity (Wildman–Crippen MR) is 77.3 cm³/mol. The molecule has 0 unspecified atom stereocenters. The molecule has 1 N–H and O–H groups in total. The number of nitrogens with zero attached hydrogens (tertiary/aromatic N) is 1. The van der Waals surface area contributed by atoms with Crippen LogP contribution < -0.4 is 10.2 Å². The maximum atomic E-state index is 12.4. The van der Waals surface area contributed by atoms with Crippen molar-refractivity contribution in [2.45, 2.75) is 32.1 Å². The number of hydrogen-bond donors (Lipinski definition) is 1. The number of piperidine rings is 1. The van der Waals surface area contributed by atoms with Gasteiger partial charge >= 0.3 is 0 Å². The summed E-state index contributed by atoms with van der Waals surface area (Å²) < 4.78 is 0. The van der Waals surface area contributed by atoms with Crippen LogP contribution in [0.5, 0.6) is 0 Å². The molecule has 1 fully saturated rings. The van der Waals surface area contributed by atoms with Crippen molar-refractivity contribution in [1.29, 1.82) is 0 Å². The first kappa shape index (κ1) is 12.7. The van der Waals surface area contributed by atoms with Crippen LogP contribution in [0.3, 0.4) is 0 Å². The van der Waals surface area contributed by atoms with Crippen molar-refractivity contribution in [3.05, 3.63) is 29.8 Å². The van der Waals surface area contributed by atoms with Gasteiger partial charge in [-0.3, -0.25) is 4.79 Å². The number of carbonyl (C=O) groups is 1. The summed E-state index contributed by atoms with van der Waals surface area (Å²) in [5.74, 6) is 1.05. The molecule has 1 aromatic carbocycles. The van der Waals surface area contributed by atoms with Gasteiger partial charge in [0.1, 0.15) is 0 Å². The van der Waals surface area contributed by atoms with Crippen molar-refractivity contribution >= 4 is 11.6 Å². The van der Waals surface area contributed by atoms with Gasteiger partial charge in [-0.25, -0.2) is 0 Å². The van der Waals surface area contributed by atoms with E-state index in [-0.39, 0.29) is 0 Å². The van der Waals surface area contributed by atoms with Gasteiger partial charge in [0.25, 0.3) is 0 Å². The largest absolute Gasteiger partial charge is 0.317 e. The van der Waals surface area contributed by atoms with Crippen LogP contribution in [0.4, 0.5) is 5.69 Å². The molecule has 102 valence electrons. The summed E-state index contributed by atoms with van der Waals surface area (Å²) in [6.07, 6.45) is 5.22. The van der Waals surface area contributed by atoms with Crippen LogP contribution in [0, 0.1) is 5.92 Å². The molecule has 2 heterocycles. The Morgan fingerprint density at radius 3 is 2.89 bits per heavy atom. The molecule has 0 radical (unpaired) electrons. The standard InChI is InChI=1S/C16H22N2O/c19-16(6-5-13-7-10-17-11-8-13)18-12-9-14-3-1-2-4-15(14)18/h1-4,13,17H,5-12H2. The highest BCUT2D eigenvalue weighted by atomic mass is 16.2. The van der Waals surface area contributed by atoms with Gasteiger partial charge in [-0.1, -0.05) is 18.2 Å². The van der Waals surface area contributed by atoms with Crippen LogP contribution in [0.1, 0.15) is 31.2 Å². The fraction of sp³-hybridized carbons (Fsp3) is 0.562. The maximum absolute atomic E-state index is 12.4. The number of anilines is 1. The summed E-state index contributed by atoms with van der Waals surface area (Å²) in [7, 11) is 0. The Morgan fingerprint density at radius 2 is 2.05 bits per heavy atom. The Balaban J connectivity index is 1.56. The zero-order valence-electron chi connectivity index (χ0n) is 11.4. The molecule has 3 rings (SSSR count). The molecular formula is C16H22N2O. The number of para-hydroxylation sites is 1. The van der Waals surface area contributed by atoms with Crippen molar-refractivity contribution in [3.8, 4) is 0 Å². The Morgan fingerprint density at radius 1 is 1.26 bits per heavy atom. The molecule has 3 heteroatoms. The number of amides is 1. The molecule has 1 saturated heterocycles. The topological polar surface area (TPSA) is 32.3 Å². The lowest BCUT2D eigenvalue weighted by atomic mass is 9.93. The van der Waals surface area contributed by atoms with Crippen molar-refractivity contribution < 1.29 is 4.79 Å². The second-order valence-electron chi connectivity index (χ2n) is 5.66. The third-order valence-corrected chi connectivity index (χ3v) is 4.41. The first-order chi connectivity index (χ1) is 9.34. The van der Waals surface area contributed by atoms with Gasteiger partial charge in [-0.2, -0.15) is 0 Å². The number of fused-ring (bicyclic) bond motifs is 1. The fourth-order valence-corrected chi connectivity index (χ4v) is 3.23. The zero-order chi connectivity index (χ0) is 13.1. The van der Waals surface area contributed by atoms with E-state index in [2.05, 4.69) is 23.5 Å². The SMILES string of the molecule is O=C(CCC1CCNCC1)N1CCc2ccccc21. The van der Waals surface area contributed by atoms with E-state index in [1.165, 1.54) is 18.4 Å². The summed E-state index contributed by atoms with van der Waals surface area (Å²) in [6, 6.07) is 8.29. The van der Waals surface area contributed by atoms with Crippen LogP contribution in [-0.4, -0.2) is 25.5 Å². The van der Waals surface area contributed by atoms with Crippen molar-refractivity contribution in [3.63, 3.8) is 0 Å². The van der Waals surface area contributed by atoms with Gasteiger partial charge in [0.15, 0.2) is 0 Å². The van der Waals surface area contributed by atoms with E-state index in [0.717, 1.165) is 44.1 Å². The van der Waals surface area contributed by atoms with E-state index in [1.807, 2.05) is 11.0 Å². The number of rotatable bonds is 3. The molecule has 2 aliphatic heterocycles. The molecule has 0 atom stereocenters. The monoisotopic (exact) mass is 258 g/mol. The number of benzene rings is 1. The van der Waals surface area contributed by atoms with Crippen molar-refractivity contribution in [1.82, 2.24) is 5.32 Å². The second-order valence-corrected chi connectivity index (χ2v) is 5.66. The Kier molecular flexibility index (Phi) is 3.83. The second kappa shape index (κ2) is 5.74. The summed E-state index contributed by atoms with van der Waals surface area (Å²) in [5, 5.41) is 3.38. The van der Waals surface area contributed by atoms with E-state index < -0.39 is 0 Å². The van der Waals surface area contributed by atoms with Gasteiger partial charge in [0, 0.05) is 18.7 Å². The summed E-state index contributed by atoms with van der Waals surface area (Å²) in [5.41, 5.74) is 2.45. The van der Waals surface area contributed by atoms with Crippen LogP contribution in [0.2, 0.25) is 0 Å². The van der Waals surface area contributed by atoms with E-state index in [1.54, 1.807) is 0 Å². The zero-order valence-corrected chi connectivity index (χ0v) is 11.4. The highest BCUT2D eigenvalue weighted by Crippen LogP contribution is 2.28. The smallest absolute Gasteiger partial charge is 0.227 e. The third-order valence-electron chi connectivity index (χ3n) is 4.41. The molecule has 0 bridgehead atoms. The van der Waals surface area contributed by atoms with Gasteiger partial charge in [-0.15, -0.1) is 0 Å². The molecule has 0 spiro atoms. The predicted octanol–water partition coefficient (Wildman–Crippen LogP) is 2.36. The lowest BCUT2D eigenvalue weighted by Crippen LogP contribution is -2.31. The lowest BCUT2D eigenvalue weighted by Gasteiger charge is -2.23. The molecule has 0 saturated carbocycles. The summed E-state index contributed by atoms with van der Waals surface area (Å²) in [6.45, 7) is 3.10. The first-order valence-electron chi connectivity index (χ1n) is 7.43. The van der Waals surface area contributed by atoms with Gasteiger partial charge < -0.3 is 10.2 Å². The minimum Gasteiger partial charge on any atom is -0.317 e. The van der Waals surface area contributed by atoms with Crippen LogP contribution in [-0.2, 0) is 11.2 Å². The van der Waals surface area contributed by atoms with Gasteiger partial charge in [-0.05, 0) is 56.3 Å². The summed E-state index contributed by atoms with van der Waals surface area (Å²) in [4.78, 5) is 14.3. The third kappa shape index (κ3) is 2.81. The fourth-order valence-electron chi connectivity index (χ4n) is 3.23. The maximum Gasteiger partial charge on any atom is 0.227 e. The van der Waals surface area contributed by atoms with Gasteiger partial charge in [0.2, 0.25) is 5.91 Å². The average Bonchev–Trinajstić information content (AvgIpc) is 2.90. The normalized spacial score (nSPS) is 19.5. The van der Waals surface area contributed by atoms with E-state index in [9.17, 15) is 4.79 Å². The molecular weight excluding hydrogens is 236 g/mol. The molecule has 0 aliphatic carbocycles. The molecule has 1 amide bonds. The number of nitrogens with one attached hydrogen (secondary N) is 1. The molecule has 3 nitrogen and oxygen atoms in total. The van der Waals surface area contributed by atoms with Crippen LogP contribution >= 0.6 is 0 Å². The molecule has 0 aromatic heterocycles. The van der Waals surface area contributed by atoms with Crippen LogP contribution in [0.15, 0.2) is 24.3 Å². The molecule has 1 aromatic rings. The number of hydrogen-bond acceptors (Lipinski definition) is 2. The van der Waals surface area contributed by atoms with E-state index >= 15 is 0 Å². The van der Waals surface area contributed by atoms with Crippen LogP contribution in [0.25, 0.3) is 0 Å². The van der Waals surface area contributed by atoms with E-state index in [4.69, 9.17) is 0 Å². The molecule has 19 heavy (non-hydrogen) atoms. The Labute approximate surface area is 115 Å².